The van der Waals surface area contributed by atoms with Crippen molar-refractivity contribution < 1.29 is 14.0 Å². The summed E-state index contributed by atoms with van der Waals surface area (Å²) < 4.78 is 18.7. The predicted octanol–water partition coefficient (Wildman–Crippen LogP) is 3.66. The fourth-order valence-corrected chi connectivity index (χ4v) is 3.51. The zero-order valence-corrected chi connectivity index (χ0v) is 13.3. The Morgan fingerprint density at radius 3 is 2.65 bits per heavy atom. The van der Waals surface area contributed by atoms with Gasteiger partial charge in [-0.2, -0.15) is 0 Å². The number of rotatable bonds is 3. The minimum atomic E-state index is -3.88. The van der Waals surface area contributed by atoms with Crippen molar-refractivity contribution in [3.8, 4) is 5.75 Å². The van der Waals surface area contributed by atoms with Crippen LogP contribution in [0.25, 0.3) is 10.9 Å². The van der Waals surface area contributed by atoms with Gasteiger partial charge in [-0.1, -0.05) is 18.2 Å². The van der Waals surface area contributed by atoms with Crippen LogP contribution in [0.1, 0.15) is 0 Å². The summed E-state index contributed by atoms with van der Waals surface area (Å²) in [5.41, 5.74) is 0.869. The summed E-state index contributed by atoms with van der Waals surface area (Å²) in [4.78, 5) is 13.1. The van der Waals surface area contributed by atoms with E-state index in [9.17, 15) is 9.46 Å². The summed E-state index contributed by atoms with van der Waals surface area (Å²) in [6.07, 6.45) is 1.60. The molecule has 6 heteroatoms. The maximum absolute atomic E-state index is 12.3. The summed E-state index contributed by atoms with van der Waals surface area (Å²) in [5, 5.41) is 1.07. The largest absolute Gasteiger partial charge is 0.419 e. The highest BCUT2D eigenvalue weighted by Crippen LogP contribution is 2.43. The van der Waals surface area contributed by atoms with E-state index in [1.165, 1.54) is 0 Å². The molecule has 0 saturated heterocycles. The molecule has 2 aromatic carbocycles. The zero-order chi connectivity index (χ0) is 14.2. The molecule has 4 nitrogen and oxygen atoms in total. The van der Waals surface area contributed by atoms with E-state index >= 15 is 0 Å². The van der Waals surface area contributed by atoms with Crippen molar-refractivity contribution >= 4 is 46.4 Å². The molecule has 102 valence electrons. The molecule has 0 radical (unpaired) electrons. The Morgan fingerprint density at radius 1 is 1.15 bits per heavy atom. The molecule has 1 atom stereocenters. The molecule has 0 aliphatic heterocycles. The molecule has 0 fully saturated rings. The van der Waals surface area contributed by atoms with Crippen molar-refractivity contribution in [2.45, 2.75) is 0 Å². The first-order valence-electron chi connectivity index (χ1n) is 5.91. The van der Waals surface area contributed by atoms with Gasteiger partial charge in [0.15, 0.2) is 5.75 Å². The number of aromatic amines is 1. The summed E-state index contributed by atoms with van der Waals surface area (Å²) in [6.45, 7) is 0. The predicted molar refractivity (Wildman–Crippen MR) is 87.5 cm³/mol. The minimum absolute atomic E-state index is 0.278. The van der Waals surface area contributed by atoms with Crippen LogP contribution in [0.3, 0.4) is 0 Å². The molecular formula is C14H11INO3P. The van der Waals surface area contributed by atoms with Gasteiger partial charge in [0.1, 0.15) is 0 Å². The molecule has 3 rings (SSSR count). The molecule has 0 amide bonds. The molecular weight excluding hydrogens is 388 g/mol. The molecule has 0 saturated carbocycles. The van der Waals surface area contributed by atoms with Crippen LogP contribution in [-0.4, -0.2) is 9.88 Å². The van der Waals surface area contributed by atoms with Crippen molar-refractivity contribution in [3.63, 3.8) is 0 Å². The molecule has 0 aliphatic carbocycles. The number of hydrogen-bond acceptors (Lipinski definition) is 2. The molecule has 3 aromatic rings. The summed E-state index contributed by atoms with van der Waals surface area (Å²) >= 11 is 2.19. The van der Waals surface area contributed by atoms with E-state index in [1.54, 1.807) is 36.5 Å². The average Bonchev–Trinajstić information content (AvgIpc) is 2.82. The molecule has 1 unspecified atom stereocenters. The van der Waals surface area contributed by atoms with Crippen LogP contribution in [0.15, 0.2) is 54.7 Å². The highest BCUT2D eigenvalue weighted by molar-refractivity contribution is 14.1. The van der Waals surface area contributed by atoms with Crippen molar-refractivity contribution in [2.24, 2.45) is 0 Å². The first-order chi connectivity index (χ1) is 9.56. The maximum atomic E-state index is 12.3. The summed E-state index contributed by atoms with van der Waals surface area (Å²) in [6, 6.07) is 14.1. The fraction of sp³-hybridized carbons (Fsp3) is 0. The van der Waals surface area contributed by atoms with Crippen LogP contribution in [0.5, 0.6) is 5.75 Å². The molecule has 20 heavy (non-hydrogen) atoms. The Bertz CT molecular complexity index is 801. The van der Waals surface area contributed by atoms with Gasteiger partial charge in [0.2, 0.25) is 0 Å². The number of fused-ring (bicyclic) bond motifs is 1. The molecule has 1 heterocycles. The third-order valence-electron chi connectivity index (χ3n) is 2.91. The number of hydrogen-bond donors (Lipinski definition) is 2. The van der Waals surface area contributed by atoms with E-state index in [2.05, 4.69) is 27.6 Å². The van der Waals surface area contributed by atoms with Gasteiger partial charge in [0.05, 0.1) is 5.30 Å². The Balaban J connectivity index is 2.01. The van der Waals surface area contributed by atoms with E-state index in [4.69, 9.17) is 4.52 Å². The fourth-order valence-electron chi connectivity index (χ4n) is 1.95. The lowest BCUT2D eigenvalue weighted by molar-refractivity contribution is 0.395. The minimum Gasteiger partial charge on any atom is -0.419 e. The van der Waals surface area contributed by atoms with Crippen molar-refractivity contribution in [1.82, 2.24) is 4.98 Å². The molecule has 2 N–H and O–H groups in total. The van der Waals surface area contributed by atoms with Gasteiger partial charge >= 0.3 is 7.60 Å². The van der Waals surface area contributed by atoms with E-state index in [0.29, 0.717) is 5.75 Å². The Kier molecular flexibility index (Phi) is 3.58. The Morgan fingerprint density at radius 2 is 1.90 bits per heavy atom. The topological polar surface area (TPSA) is 62.3 Å². The number of halogens is 1. The lowest BCUT2D eigenvalue weighted by atomic mass is 10.2. The van der Waals surface area contributed by atoms with Crippen LogP contribution in [-0.2, 0) is 4.57 Å². The third kappa shape index (κ3) is 2.61. The lowest BCUT2D eigenvalue weighted by Gasteiger charge is -2.12. The van der Waals surface area contributed by atoms with Gasteiger partial charge in [0, 0.05) is 20.7 Å². The van der Waals surface area contributed by atoms with E-state index < -0.39 is 7.60 Å². The van der Waals surface area contributed by atoms with Crippen LogP contribution in [0.4, 0.5) is 0 Å². The van der Waals surface area contributed by atoms with Crippen molar-refractivity contribution in [1.29, 1.82) is 0 Å². The van der Waals surface area contributed by atoms with Crippen molar-refractivity contribution in [3.05, 3.63) is 58.3 Å². The number of H-pyrrole nitrogens is 1. The van der Waals surface area contributed by atoms with E-state index in [-0.39, 0.29) is 5.30 Å². The summed E-state index contributed by atoms with van der Waals surface area (Å²) in [5.74, 6) is 0.383. The third-order valence-corrected chi connectivity index (χ3v) is 4.98. The van der Waals surface area contributed by atoms with E-state index in [0.717, 1.165) is 14.5 Å². The smallest absolute Gasteiger partial charge is 0.408 e. The second kappa shape index (κ2) is 5.24. The quantitative estimate of drug-likeness (QED) is 0.522. The van der Waals surface area contributed by atoms with Gasteiger partial charge in [-0.3, -0.25) is 0 Å². The van der Waals surface area contributed by atoms with Gasteiger partial charge in [-0.25, -0.2) is 4.57 Å². The van der Waals surface area contributed by atoms with Crippen molar-refractivity contribution in [2.75, 3.05) is 0 Å². The van der Waals surface area contributed by atoms with Gasteiger partial charge in [-0.15, -0.1) is 0 Å². The average molecular weight is 399 g/mol. The lowest BCUT2D eigenvalue weighted by Crippen LogP contribution is -2.08. The molecule has 0 aliphatic rings. The SMILES string of the molecule is O=P(O)(Oc1c[nH]c2ccc(I)cc12)c1ccccc1. The second-order valence-electron chi connectivity index (χ2n) is 4.29. The van der Waals surface area contributed by atoms with Gasteiger partial charge in [-0.05, 0) is 52.9 Å². The van der Waals surface area contributed by atoms with E-state index in [1.807, 2.05) is 18.2 Å². The maximum Gasteiger partial charge on any atom is 0.408 e. The first kappa shape index (κ1) is 13.7. The molecule has 0 spiro atoms. The number of benzene rings is 2. The Hall–Kier alpha value is -1.30. The normalized spacial score (nSPS) is 14.1. The van der Waals surface area contributed by atoms with Crippen LogP contribution >= 0.6 is 30.2 Å². The van der Waals surface area contributed by atoms with Gasteiger partial charge in [0.25, 0.3) is 0 Å². The molecule has 1 aromatic heterocycles. The first-order valence-corrected chi connectivity index (χ1v) is 8.56. The van der Waals surface area contributed by atoms with Crippen LogP contribution < -0.4 is 9.83 Å². The van der Waals surface area contributed by atoms with Gasteiger partial charge < -0.3 is 14.4 Å². The second-order valence-corrected chi connectivity index (χ2v) is 7.28. The highest BCUT2D eigenvalue weighted by Gasteiger charge is 2.25. The van der Waals surface area contributed by atoms with Crippen LogP contribution in [0.2, 0.25) is 0 Å². The Labute approximate surface area is 129 Å². The molecule has 0 bridgehead atoms. The number of aromatic nitrogens is 1. The van der Waals surface area contributed by atoms with Crippen LogP contribution in [0, 0.1) is 3.57 Å². The highest BCUT2D eigenvalue weighted by atomic mass is 127. The number of nitrogens with one attached hydrogen (secondary N) is 1. The zero-order valence-electron chi connectivity index (χ0n) is 10.3. The monoisotopic (exact) mass is 399 g/mol. The summed E-state index contributed by atoms with van der Waals surface area (Å²) in [7, 11) is -3.88. The standard InChI is InChI=1S/C14H11INO3P/c15-10-6-7-13-12(8-10)14(9-16-13)19-20(17,18)11-4-2-1-3-5-11/h1-9,16H,(H,17,18).